The van der Waals surface area contributed by atoms with E-state index in [1.165, 1.54) is 6.39 Å². The Balaban J connectivity index is 2.09. The molecule has 0 unspecified atom stereocenters. The van der Waals surface area contributed by atoms with Crippen molar-refractivity contribution < 1.29 is 4.42 Å². The highest BCUT2D eigenvalue weighted by molar-refractivity contribution is 7.98. The highest BCUT2D eigenvalue weighted by atomic mass is 32.2. The highest BCUT2D eigenvalue weighted by Crippen LogP contribution is 2.22. The van der Waals surface area contributed by atoms with E-state index in [1.54, 1.807) is 11.8 Å². The van der Waals surface area contributed by atoms with Crippen LogP contribution in [0.1, 0.15) is 30.6 Å². The van der Waals surface area contributed by atoms with Crippen LogP contribution in [0.2, 0.25) is 0 Å². The van der Waals surface area contributed by atoms with Crippen molar-refractivity contribution in [1.82, 2.24) is 19.7 Å². The molecule has 0 aliphatic heterocycles. The van der Waals surface area contributed by atoms with E-state index in [0.717, 1.165) is 41.2 Å². The summed E-state index contributed by atoms with van der Waals surface area (Å²) in [6.45, 7) is 5.33. The minimum absolute atomic E-state index is 0.413. The average molecular weight is 267 g/mol. The zero-order chi connectivity index (χ0) is 13.0. The molecule has 0 aliphatic carbocycles. The van der Waals surface area contributed by atoms with E-state index < -0.39 is 0 Å². The number of nitrogens with two attached hydrogens (primary N) is 1. The fraction of sp³-hybridized carbons (Fsp3) is 0.545. The molecule has 0 spiro atoms. The standard InChI is InChI=1S/C11H17N5OS/c1-3-4-16-10(5-12)14-15-11(16)18-6-9-8(2)17-7-13-9/h7H,3-6,12H2,1-2H3. The van der Waals surface area contributed by atoms with Crippen LogP contribution in [0.5, 0.6) is 0 Å². The Morgan fingerprint density at radius 3 is 2.89 bits per heavy atom. The van der Waals surface area contributed by atoms with Gasteiger partial charge in [-0.1, -0.05) is 18.7 Å². The first-order valence-electron chi connectivity index (χ1n) is 5.90. The van der Waals surface area contributed by atoms with Gasteiger partial charge in [0.25, 0.3) is 0 Å². The van der Waals surface area contributed by atoms with Gasteiger partial charge in [-0.05, 0) is 13.3 Å². The predicted molar refractivity (Wildman–Crippen MR) is 69.0 cm³/mol. The molecule has 0 amide bonds. The van der Waals surface area contributed by atoms with Crippen LogP contribution in [0.25, 0.3) is 0 Å². The first kappa shape index (κ1) is 13.1. The van der Waals surface area contributed by atoms with Gasteiger partial charge in [0, 0.05) is 12.3 Å². The number of nitrogens with zero attached hydrogens (tertiary/aromatic N) is 4. The van der Waals surface area contributed by atoms with Gasteiger partial charge in [0.1, 0.15) is 11.6 Å². The monoisotopic (exact) mass is 267 g/mol. The van der Waals surface area contributed by atoms with Crippen LogP contribution in [-0.2, 0) is 18.8 Å². The summed E-state index contributed by atoms with van der Waals surface area (Å²) in [4.78, 5) is 4.16. The molecular formula is C11H17N5OS. The maximum atomic E-state index is 5.65. The minimum Gasteiger partial charge on any atom is -0.448 e. The Morgan fingerprint density at radius 1 is 1.44 bits per heavy atom. The Labute approximate surface area is 110 Å². The average Bonchev–Trinajstić information content (AvgIpc) is 2.94. The predicted octanol–water partition coefficient (Wildman–Crippen LogP) is 1.74. The largest absolute Gasteiger partial charge is 0.448 e. The molecule has 98 valence electrons. The number of rotatable bonds is 6. The maximum absolute atomic E-state index is 5.65. The summed E-state index contributed by atoms with van der Waals surface area (Å²) in [6, 6.07) is 0. The van der Waals surface area contributed by atoms with E-state index in [4.69, 9.17) is 10.2 Å². The summed E-state index contributed by atoms with van der Waals surface area (Å²) in [5.41, 5.74) is 6.59. The topological polar surface area (TPSA) is 82.8 Å². The number of aryl methyl sites for hydroxylation is 1. The fourth-order valence-corrected chi connectivity index (χ4v) is 2.62. The summed E-state index contributed by atoms with van der Waals surface area (Å²) >= 11 is 1.61. The summed E-state index contributed by atoms with van der Waals surface area (Å²) in [7, 11) is 0. The van der Waals surface area contributed by atoms with Gasteiger partial charge in [0.2, 0.25) is 0 Å². The molecular weight excluding hydrogens is 250 g/mol. The number of thioether (sulfide) groups is 1. The van der Waals surface area contributed by atoms with Gasteiger partial charge in [-0.25, -0.2) is 4.98 Å². The van der Waals surface area contributed by atoms with E-state index in [2.05, 4.69) is 26.7 Å². The van der Waals surface area contributed by atoms with E-state index in [0.29, 0.717) is 6.54 Å². The summed E-state index contributed by atoms with van der Waals surface area (Å²) in [5, 5.41) is 9.16. The molecule has 0 saturated heterocycles. The second-order valence-corrected chi connectivity index (χ2v) is 4.84. The van der Waals surface area contributed by atoms with Gasteiger partial charge in [-0.3, -0.25) is 0 Å². The molecule has 2 N–H and O–H groups in total. The zero-order valence-corrected chi connectivity index (χ0v) is 11.4. The molecule has 7 heteroatoms. The minimum atomic E-state index is 0.413. The van der Waals surface area contributed by atoms with Crippen LogP contribution < -0.4 is 5.73 Å². The van der Waals surface area contributed by atoms with E-state index >= 15 is 0 Å². The third-order valence-corrected chi connectivity index (χ3v) is 3.58. The van der Waals surface area contributed by atoms with Crippen LogP contribution in [0, 0.1) is 6.92 Å². The van der Waals surface area contributed by atoms with Crippen LogP contribution in [0.15, 0.2) is 16.0 Å². The molecule has 2 rings (SSSR count). The molecule has 2 aromatic heterocycles. The van der Waals surface area contributed by atoms with Crippen molar-refractivity contribution in [3.63, 3.8) is 0 Å². The number of hydrogen-bond acceptors (Lipinski definition) is 6. The SMILES string of the molecule is CCCn1c(CN)nnc1SCc1ncoc1C. The summed E-state index contributed by atoms with van der Waals surface area (Å²) in [6.07, 6.45) is 2.49. The third kappa shape index (κ3) is 2.73. The molecule has 18 heavy (non-hydrogen) atoms. The van der Waals surface area contributed by atoms with Gasteiger partial charge in [0.15, 0.2) is 11.6 Å². The molecule has 0 bridgehead atoms. The van der Waals surface area contributed by atoms with Crippen molar-refractivity contribution in [2.24, 2.45) is 5.73 Å². The van der Waals surface area contributed by atoms with E-state index in [-0.39, 0.29) is 0 Å². The molecule has 0 fully saturated rings. The van der Waals surface area contributed by atoms with Gasteiger partial charge >= 0.3 is 0 Å². The van der Waals surface area contributed by atoms with Crippen LogP contribution in [0.4, 0.5) is 0 Å². The molecule has 2 aromatic rings. The molecule has 0 aromatic carbocycles. The number of hydrogen-bond donors (Lipinski definition) is 1. The van der Waals surface area contributed by atoms with Gasteiger partial charge in [-0.15, -0.1) is 10.2 Å². The van der Waals surface area contributed by atoms with Crippen LogP contribution in [-0.4, -0.2) is 19.7 Å². The molecule has 0 saturated carbocycles. The van der Waals surface area contributed by atoms with Crippen molar-refractivity contribution in [2.45, 2.75) is 44.3 Å². The van der Waals surface area contributed by atoms with Crippen molar-refractivity contribution in [1.29, 1.82) is 0 Å². The quantitative estimate of drug-likeness (QED) is 0.803. The van der Waals surface area contributed by atoms with Crippen molar-refractivity contribution in [3.05, 3.63) is 23.7 Å². The summed E-state index contributed by atoms with van der Waals surface area (Å²) < 4.78 is 7.24. The highest BCUT2D eigenvalue weighted by Gasteiger charge is 2.12. The van der Waals surface area contributed by atoms with Crippen molar-refractivity contribution in [2.75, 3.05) is 0 Å². The first-order chi connectivity index (χ1) is 8.76. The normalized spacial score (nSPS) is 11.1. The second kappa shape index (κ2) is 6.01. The Morgan fingerprint density at radius 2 is 2.28 bits per heavy atom. The lowest BCUT2D eigenvalue weighted by atomic mass is 10.4. The van der Waals surface area contributed by atoms with Crippen LogP contribution in [0.3, 0.4) is 0 Å². The molecule has 6 nitrogen and oxygen atoms in total. The number of oxazole rings is 1. The van der Waals surface area contributed by atoms with Crippen molar-refractivity contribution in [3.8, 4) is 0 Å². The fourth-order valence-electron chi connectivity index (χ4n) is 1.62. The third-order valence-electron chi connectivity index (χ3n) is 2.61. The lowest BCUT2D eigenvalue weighted by Gasteiger charge is -2.06. The van der Waals surface area contributed by atoms with Crippen LogP contribution >= 0.6 is 11.8 Å². The summed E-state index contributed by atoms with van der Waals surface area (Å²) in [5.74, 6) is 2.41. The van der Waals surface area contributed by atoms with Crippen molar-refractivity contribution >= 4 is 11.8 Å². The molecule has 2 heterocycles. The molecule has 0 aliphatic rings. The Kier molecular flexibility index (Phi) is 4.38. The lowest BCUT2D eigenvalue weighted by Crippen LogP contribution is -2.09. The van der Waals surface area contributed by atoms with Gasteiger partial charge < -0.3 is 14.7 Å². The first-order valence-corrected chi connectivity index (χ1v) is 6.88. The maximum Gasteiger partial charge on any atom is 0.191 e. The van der Waals surface area contributed by atoms with E-state index in [1.807, 2.05) is 6.92 Å². The molecule has 0 atom stereocenters. The molecule has 0 radical (unpaired) electrons. The van der Waals surface area contributed by atoms with E-state index in [9.17, 15) is 0 Å². The Hall–Kier alpha value is -1.34. The van der Waals surface area contributed by atoms with Gasteiger partial charge in [-0.2, -0.15) is 0 Å². The Bertz CT molecular complexity index is 507. The zero-order valence-electron chi connectivity index (χ0n) is 10.6. The second-order valence-electron chi connectivity index (χ2n) is 3.90. The van der Waals surface area contributed by atoms with Gasteiger partial charge in [0.05, 0.1) is 12.2 Å². The number of aromatic nitrogens is 4. The lowest BCUT2D eigenvalue weighted by molar-refractivity contribution is 0.525. The smallest absolute Gasteiger partial charge is 0.191 e.